The first-order valence-corrected chi connectivity index (χ1v) is 6.44. The van der Waals surface area contributed by atoms with E-state index >= 15 is 0 Å². The molecule has 2 aromatic rings. The van der Waals surface area contributed by atoms with Gasteiger partial charge in [-0.05, 0) is 36.2 Å². The van der Waals surface area contributed by atoms with Gasteiger partial charge in [-0.3, -0.25) is 4.79 Å². The molecule has 0 aliphatic rings. The molecular formula is C16H16N2O3. The molecule has 0 aromatic heterocycles. The van der Waals surface area contributed by atoms with Crippen LogP contribution in [-0.2, 0) is 4.79 Å². The largest absolute Gasteiger partial charge is 0.479 e. The highest BCUT2D eigenvalue weighted by Crippen LogP contribution is 2.22. The second-order valence-corrected chi connectivity index (χ2v) is 4.72. The van der Waals surface area contributed by atoms with Crippen molar-refractivity contribution in [3.63, 3.8) is 0 Å². The number of carbonyl (C=O) groups is 2. The van der Waals surface area contributed by atoms with E-state index in [9.17, 15) is 14.7 Å². The molecule has 0 fully saturated rings. The molecule has 0 radical (unpaired) electrons. The zero-order valence-electron chi connectivity index (χ0n) is 11.5. The van der Waals surface area contributed by atoms with Gasteiger partial charge in [0.15, 0.2) is 6.04 Å². The van der Waals surface area contributed by atoms with Crippen molar-refractivity contribution in [2.75, 3.05) is 5.32 Å². The number of carbonyl (C=O) groups excluding carboxylic acids is 1. The molecule has 1 atom stereocenters. The molecule has 0 aliphatic heterocycles. The third-order valence-corrected chi connectivity index (χ3v) is 3.18. The fourth-order valence-corrected chi connectivity index (χ4v) is 2.13. The standard InChI is InChI=1S/C16H16N2O3/c1-10-9-12(7-8-13(10)15(17)19)18-14(16(20)21)11-5-3-2-4-6-11/h2-9,14,18H,1H3,(H2,17,19)(H,20,21). The van der Waals surface area contributed by atoms with Gasteiger partial charge in [-0.2, -0.15) is 0 Å². The topological polar surface area (TPSA) is 92.4 Å². The molecule has 0 heterocycles. The average Bonchev–Trinajstić information content (AvgIpc) is 2.45. The van der Waals surface area contributed by atoms with E-state index in [1.807, 2.05) is 6.07 Å². The van der Waals surface area contributed by atoms with Crippen LogP contribution in [0.25, 0.3) is 0 Å². The van der Waals surface area contributed by atoms with Gasteiger partial charge >= 0.3 is 5.97 Å². The third-order valence-electron chi connectivity index (χ3n) is 3.18. The number of hydrogen-bond acceptors (Lipinski definition) is 3. The molecule has 0 spiro atoms. The first-order chi connectivity index (χ1) is 9.99. The zero-order chi connectivity index (χ0) is 15.4. The Bertz CT molecular complexity index is 668. The molecule has 4 N–H and O–H groups in total. The number of hydrogen-bond donors (Lipinski definition) is 3. The molecule has 0 aliphatic carbocycles. The van der Waals surface area contributed by atoms with Gasteiger partial charge in [0.25, 0.3) is 0 Å². The maximum atomic E-state index is 11.4. The van der Waals surface area contributed by atoms with Crippen LogP contribution in [0.3, 0.4) is 0 Å². The van der Waals surface area contributed by atoms with Crippen molar-refractivity contribution in [3.05, 3.63) is 65.2 Å². The molecule has 0 saturated heterocycles. The van der Waals surface area contributed by atoms with Crippen LogP contribution >= 0.6 is 0 Å². The van der Waals surface area contributed by atoms with E-state index in [4.69, 9.17) is 5.73 Å². The minimum atomic E-state index is -0.974. The molecule has 21 heavy (non-hydrogen) atoms. The van der Waals surface area contributed by atoms with Gasteiger partial charge in [0, 0.05) is 11.3 Å². The van der Waals surface area contributed by atoms with Crippen molar-refractivity contribution in [1.82, 2.24) is 0 Å². The molecule has 2 aromatic carbocycles. The van der Waals surface area contributed by atoms with Gasteiger partial charge < -0.3 is 16.2 Å². The summed E-state index contributed by atoms with van der Waals surface area (Å²) in [6.45, 7) is 1.75. The monoisotopic (exact) mass is 284 g/mol. The number of anilines is 1. The van der Waals surface area contributed by atoms with Crippen LogP contribution < -0.4 is 11.1 Å². The highest BCUT2D eigenvalue weighted by molar-refractivity contribution is 5.94. The Morgan fingerprint density at radius 2 is 1.81 bits per heavy atom. The summed E-state index contributed by atoms with van der Waals surface area (Å²) in [4.78, 5) is 22.6. The van der Waals surface area contributed by atoms with Crippen molar-refractivity contribution in [2.24, 2.45) is 5.73 Å². The van der Waals surface area contributed by atoms with Crippen LogP contribution in [0.1, 0.15) is 27.5 Å². The van der Waals surface area contributed by atoms with Crippen molar-refractivity contribution in [1.29, 1.82) is 0 Å². The fraction of sp³-hybridized carbons (Fsp3) is 0.125. The fourth-order valence-electron chi connectivity index (χ4n) is 2.13. The average molecular weight is 284 g/mol. The lowest BCUT2D eigenvalue weighted by molar-refractivity contribution is -0.138. The van der Waals surface area contributed by atoms with Gasteiger partial charge in [0.05, 0.1) is 0 Å². The number of nitrogens with two attached hydrogens (primary N) is 1. The van der Waals surface area contributed by atoms with Crippen molar-refractivity contribution < 1.29 is 14.7 Å². The minimum absolute atomic E-state index is 0.423. The molecule has 0 saturated carbocycles. The molecule has 2 rings (SSSR count). The summed E-state index contributed by atoms with van der Waals surface area (Å²) in [5, 5.41) is 12.3. The Labute approximate surface area is 122 Å². The molecular weight excluding hydrogens is 268 g/mol. The van der Waals surface area contributed by atoms with Crippen LogP contribution in [0.4, 0.5) is 5.69 Å². The summed E-state index contributed by atoms with van der Waals surface area (Å²) in [6.07, 6.45) is 0. The SMILES string of the molecule is Cc1cc(NC(C(=O)O)c2ccccc2)ccc1C(N)=O. The summed E-state index contributed by atoms with van der Waals surface area (Å²) < 4.78 is 0. The normalized spacial score (nSPS) is 11.7. The molecule has 0 bridgehead atoms. The lowest BCUT2D eigenvalue weighted by atomic mass is 10.0. The van der Waals surface area contributed by atoms with Gasteiger partial charge in [0.1, 0.15) is 0 Å². The second-order valence-electron chi connectivity index (χ2n) is 4.72. The van der Waals surface area contributed by atoms with E-state index in [0.717, 1.165) is 0 Å². The number of aliphatic carboxylic acids is 1. The zero-order valence-corrected chi connectivity index (χ0v) is 11.5. The van der Waals surface area contributed by atoms with Gasteiger partial charge in [-0.1, -0.05) is 30.3 Å². The summed E-state index contributed by atoms with van der Waals surface area (Å²) in [7, 11) is 0. The number of amides is 1. The van der Waals surface area contributed by atoms with E-state index < -0.39 is 17.9 Å². The number of aryl methyl sites for hydroxylation is 1. The van der Waals surface area contributed by atoms with E-state index in [2.05, 4.69) is 5.32 Å². The Morgan fingerprint density at radius 3 is 2.33 bits per heavy atom. The Hall–Kier alpha value is -2.82. The lowest BCUT2D eigenvalue weighted by Gasteiger charge is -2.17. The first kappa shape index (κ1) is 14.6. The number of nitrogens with one attached hydrogen (secondary N) is 1. The Balaban J connectivity index is 2.28. The quantitative estimate of drug-likeness (QED) is 0.785. The number of primary amides is 1. The summed E-state index contributed by atoms with van der Waals surface area (Å²) in [5.41, 5.74) is 7.65. The summed E-state index contributed by atoms with van der Waals surface area (Å²) in [6, 6.07) is 13.0. The molecule has 108 valence electrons. The van der Waals surface area contributed by atoms with Gasteiger partial charge in [-0.15, -0.1) is 0 Å². The minimum Gasteiger partial charge on any atom is -0.479 e. The second kappa shape index (κ2) is 6.09. The van der Waals surface area contributed by atoms with Gasteiger partial charge in [0.2, 0.25) is 5.91 Å². The molecule has 5 nitrogen and oxygen atoms in total. The molecule has 5 heteroatoms. The third kappa shape index (κ3) is 3.39. The Morgan fingerprint density at radius 1 is 1.14 bits per heavy atom. The molecule has 1 unspecified atom stereocenters. The Kier molecular flexibility index (Phi) is 4.23. The van der Waals surface area contributed by atoms with Crippen LogP contribution in [0.5, 0.6) is 0 Å². The number of rotatable bonds is 5. The van der Waals surface area contributed by atoms with E-state index in [1.54, 1.807) is 49.4 Å². The van der Waals surface area contributed by atoms with Crippen molar-refractivity contribution in [2.45, 2.75) is 13.0 Å². The van der Waals surface area contributed by atoms with Crippen LogP contribution in [-0.4, -0.2) is 17.0 Å². The van der Waals surface area contributed by atoms with Crippen molar-refractivity contribution >= 4 is 17.6 Å². The highest BCUT2D eigenvalue weighted by Gasteiger charge is 2.19. The van der Waals surface area contributed by atoms with Crippen LogP contribution in [0.2, 0.25) is 0 Å². The summed E-state index contributed by atoms with van der Waals surface area (Å²) >= 11 is 0. The maximum absolute atomic E-state index is 11.4. The molecule has 1 amide bonds. The summed E-state index contributed by atoms with van der Waals surface area (Å²) in [5.74, 6) is -1.48. The first-order valence-electron chi connectivity index (χ1n) is 6.44. The lowest BCUT2D eigenvalue weighted by Crippen LogP contribution is -2.20. The van der Waals surface area contributed by atoms with E-state index in [1.165, 1.54) is 0 Å². The van der Waals surface area contributed by atoms with E-state index in [-0.39, 0.29) is 0 Å². The maximum Gasteiger partial charge on any atom is 0.330 e. The predicted octanol–water partition coefficient (Wildman–Crippen LogP) is 2.33. The van der Waals surface area contributed by atoms with E-state index in [0.29, 0.717) is 22.4 Å². The van der Waals surface area contributed by atoms with Crippen LogP contribution in [0, 0.1) is 6.92 Å². The van der Waals surface area contributed by atoms with Crippen LogP contribution in [0.15, 0.2) is 48.5 Å². The predicted molar refractivity (Wildman–Crippen MR) is 80.1 cm³/mol. The van der Waals surface area contributed by atoms with Crippen molar-refractivity contribution in [3.8, 4) is 0 Å². The highest BCUT2D eigenvalue weighted by atomic mass is 16.4. The number of benzene rings is 2. The smallest absolute Gasteiger partial charge is 0.330 e. The van der Waals surface area contributed by atoms with Gasteiger partial charge in [-0.25, -0.2) is 4.79 Å². The number of carboxylic acids is 1. The number of carboxylic acid groups (broad SMARTS) is 1.